The van der Waals surface area contributed by atoms with Gasteiger partial charge in [-0.25, -0.2) is 9.98 Å². The number of hydrogen-bond acceptors (Lipinski definition) is 9. The maximum Gasteiger partial charge on any atom is 0.278 e. The van der Waals surface area contributed by atoms with Gasteiger partial charge in [-0.2, -0.15) is 4.98 Å². The Bertz CT molecular complexity index is 873. The highest BCUT2D eigenvalue weighted by Crippen LogP contribution is 2.34. The number of hydrogen-bond donors (Lipinski definition) is 3. The summed E-state index contributed by atoms with van der Waals surface area (Å²) in [6, 6.07) is 3.46. The molecule has 0 fully saturated rings. The van der Waals surface area contributed by atoms with Crippen LogP contribution in [-0.4, -0.2) is 38.9 Å². The molecule has 3 rings (SSSR count). The predicted molar refractivity (Wildman–Crippen MR) is 101 cm³/mol. The summed E-state index contributed by atoms with van der Waals surface area (Å²) >= 11 is 1.52. The van der Waals surface area contributed by atoms with Gasteiger partial charge >= 0.3 is 0 Å². The van der Waals surface area contributed by atoms with Gasteiger partial charge in [0, 0.05) is 17.6 Å². The number of nitrogen functional groups attached to an aromatic ring is 1. The first-order chi connectivity index (χ1) is 12.4. The van der Waals surface area contributed by atoms with Crippen LogP contribution in [-0.2, 0) is 5.54 Å². The number of ether oxygens (including phenoxy) is 1. The van der Waals surface area contributed by atoms with E-state index in [2.05, 4.69) is 25.3 Å². The predicted octanol–water partition coefficient (Wildman–Crippen LogP) is 1.38. The summed E-state index contributed by atoms with van der Waals surface area (Å²) in [5.41, 5.74) is 12.4. The lowest BCUT2D eigenvalue weighted by Crippen LogP contribution is -2.29. The molecule has 9 nitrogen and oxygen atoms in total. The number of aliphatic imine (C=N–C) groups is 1. The molecule has 2 aromatic rings. The molecule has 0 saturated heterocycles. The van der Waals surface area contributed by atoms with Crippen molar-refractivity contribution in [2.45, 2.75) is 18.9 Å². The van der Waals surface area contributed by atoms with Crippen LogP contribution < -0.4 is 21.5 Å². The van der Waals surface area contributed by atoms with Crippen LogP contribution in [0.1, 0.15) is 29.5 Å². The fourth-order valence-electron chi connectivity index (χ4n) is 2.52. The molecule has 10 heteroatoms. The Labute approximate surface area is 154 Å². The van der Waals surface area contributed by atoms with Crippen LogP contribution in [0.4, 0.5) is 11.5 Å². The highest BCUT2D eigenvalue weighted by Gasteiger charge is 2.31. The first-order valence-corrected chi connectivity index (χ1v) is 8.82. The molecule has 0 spiro atoms. The molecule has 3 heterocycles. The van der Waals surface area contributed by atoms with E-state index in [0.717, 1.165) is 17.9 Å². The maximum atomic E-state index is 12.4. The number of methoxy groups -OCH3 is 1. The second kappa shape index (κ2) is 7.16. The third kappa shape index (κ3) is 3.69. The van der Waals surface area contributed by atoms with E-state index in [1.807, 2.05) is 6.92 Å². The Morgan fingerprint density at radius 3 is 2.88 bits per heavy atom. The molecular weight excluding hydrogens is 354 g/mol. The van der Waals surface area contributed by atoms with Crippen LogP contribution in [0.2, 0.25) is 0 Å². The number of amidine groups is 1. The number of thioether (sulfide) groups is 1. The van der Waals surface area contributed by atoms with Gasteiger partial charge in [0.25, 0.3) is 5.91 Å². The van der Waals surface area contributed by atoms with Gasteiger partial charge in [-0.15, -0.1) is 0 Å². The summed E-state index contributed by atoms with van der Waals surface area (Å²) in [5.74, 6) is 0.623. The third-order valence-electron chi connectivity index (χ3n) is 3.97. The lowest BCUT2D eigenvalue weighted by Gasteiger charge is -2.28. The minimum atomic E-state index is -0.519. The number of aromatic nitrogens is 3. The topological polar surface area (TPSA) is 141 Å². The zero-order chi connectivity index (χ0) is 18.7. The summed E-state index contributed by atoms with van der Waals surface area (Å²) in [4.78, 5) is 29.3. The van der Waals surface area contributed by atoms with Crippen LogP contribution in [0.25, 0.3) is 0 Å². The van der Waals surface area contributed by atoms with Crippen LogP contribution in [0.5, 0.6) is 5.88 Å². The summed E-state index contributed by atoms with van der Waals surface area (Å²) in [5, 5.41) is 3.30. The summed E-state index contributed by atoms with van der Waals surface area (Å²) in [7, 11) is 1.45. The van der Waals surface area contributed by atoms with Crippen molar-refractivity contribution in [2.75, 3.05) is 23.9 Å². The first kappa shape index (κ1) is 17.9. The second-order valence-corrected chi connectivity index (χ2v) is 6.97. The van der Waals surface area contributed by atoms with Crippen LogP contribution in [0, 0.1) is 0 Å². The molecular formula is C16H19N7O2S. The van der Waals surface area contributed by atoms with Crippen molar-refractivity contribution in [3.8, 4) is 5.88 Å². The van der Waals surface area contributed by atoms with E-state index >= 15 is 0 Å². The van der Waals surface area contributed by atoms with Gasteiger partial charge in [-0.05, 0) is 25.5 Å². The molecule has 0 radical (unpaired) electrons. The van der Waals surface area contributed by atoms with Gasteiger partial charge < -0.3 is 21.5 Å². The molecule has 136 valence electrons. The van der Waals surface area contributed by atoms with Crippen LogP contribution in [0.15, 0.2) is 29.5 Å². The maximum absolute atomic E-state index is 12.4. The van der Waals surface area contributed by atoms with Crippen LogP contribution in [0.3, 0.4) is 0 Å². The minimum absolute atomic E-state index is 0.00947. The van der Waals surface area contributed by atoms with E-state index in [1.54, 1.807) is 18.3 Å². The Morgan fingerprint density at radius 2 is 2.19 bits per heavy atom. The zero-order valence-electron chi connectivity index (χ0n) is 14.4. The zero-order valence-corrected chi connectivity index (χ0v) is 15.2. The molecule has 1 amide bonds. The van der Waals surface area contributed by atoms with Crippen molar-refractivity contribution in [1.82, 2.24) is 15.0 Å². The van der Waals surface area contributed by atoms with E-state index in [9.17, 15) is 4.79 Å². The number of pyridine rings is 1. The van der Waals surface area contributed by atoms with E-state index in [0.29, 0.717) is 10.9 Å². The van der Waals surface area contributed by atoms with E-state index in [1.165, 1.54) is 25.1 Å². The van der Waals surface area contributed by atoms with E-state index < -0.39 is 11.4 Å². The largest absolute Gasteiger partial charge is 0.480 e. The highest BCUT2D eigenvalue weighted by atomic mass is 32.2. The number of carbonyl (C=O) groups excluding carboxylic acids is 1. The van der Waals surface area contributed by atoms with Crippen molar-refractivity contribution < 1.29 is 9.53 Å². The molecule has 1 aliphatic rings. The second-order valence-electron chi connectivity index (χ2n) is 5.85. The molecule has 1 aliphatic heterocycles. The smallest absolute Gasteiger partial charge is 0.278 e. The number of nitrogens with two attached hydrogens (primary N) is 2. The van der Waals surface area contributed by atoms with Crippen molar-refractivity contribution in [1.29, 1.82) is 0 Å². The average molecular weight is 373 g/mol. The first-order valence-electron chi connectivity index (χ1n) is 7.84. The highest BCUT2D eigenvalue weighted by molar-refractivity contribution is 8.13. The normalized spacial score (nSPS) is 19.5. The number of rotatable bonds is 4. The standard InChI is InChI=1S/C16H19N7O2S/c1-16(4-6-26-15(18)23-16)10-7-9(3-5-19-10)21-14(24)12-13(17)22-11(25-2)8-20-12/h3,5,7-8H,4,6H2,1-2H3,(H2,17,22)(H2,18,23)(H,19,21,24). The van der Waals surface area contributed by atoms with Crippen LogP contribution >= 0.6 is 11.8 Å². The summed E-state index contributed by atoms with van der Waals surface area (Å²) in [6.07, 6.45) is 3.76. The fourth-order valence-corrected chi connectivity index (χ4v) is 3.50. The molecule has 0 aromatic carbocycles. The number of carbonyl (C=O) groups is 1. The Kier molecular flexibility index (Phi) is 4.94. The van der Waals surface area contributed by atoms with Crippen molar-refractivity contribution in [3.05, 3.63) is 35.9 Å². The van der Waals surface area contributed by atoms with E-state index in [4.69, 9.17) is 16.2 Å². The molecule has 1 unspecified atom stereocenters. The summed E-state index contributed by atoms with van der Waals surface area (Å²) in [6.45, 7) is 1.97. The number of nitrogens with one attached hydrogen (secondary N) is 1. The monoisotopic (exact) mass is 373 g/mol. The van der Waals surface area contributed by atoms with Gasteiger partial charge in [0.1, 0.15) is 5.54 Å². The lowest BCUT2D eigenvalue weighted by atomic mass is 9.94. The quantitative estimate of drug-likeness (QED) is 0.730. The average Bonchev–Trinajstić information content (AvgIpc) is 2.61. The van der Waals surface area contributed by atoms with Gasteiger partial charge in [0.15, 0.2) is 16.7 Å². The SMILES string of the molecule is COc1cnc(C(=O)Nc2ccnc(C3(C)CCSC(N)=N3)c2)c(N)n1. The van der Waals surface area contributed by atoms with Gasteiger partial charge in [0.05, 0.1) is 19.0 Å². The lowest BCUT2D eigenvalue weighted by molar-refractivity contribution is 0.102. The van der Waals surface area contributed by atoms with E-state index in [-0.39, 0.29) is 17.4 Å². The third-order valence-corrected chi connectivity index (χ3v) is 4.76. The number of anilines is 2. The van der Waals surface area contributed by atoms with Gasteiger partial charge in [-0.3, -0.25) is 9.78 Å². The molecule has 2 aromatic heterocycles. The van der Waals surface area contributed by atoms with Crippen molar-refractivity contribution >= 4 is 34.3 Å². The molecule has 5 N–H and O–H groups in total. The number of amides is 1. The molecule has 1 atom stereocenters. The molecule has 0 aliphatic carbocycles. The minimum Gasteiger partial charge on any atom is -0.480 e. The van der Waals surface area contributed by atoms with Crippen molar-refractivity contribution in [2.24, 2.45) is 10.7 Å². The Balaban J connectivity index is 1.83. The fraction of sp³-hybridized carbons (Fsp3) is 0.312. The molecule has 26 heavy (non-hydrogen) atoms. The Hall–Kier alpha value is -2.88. The summed E-state index contributed by atoms with van der Waals surface area (Å²) < 4.78 is 4.93. The Morgan fingerprint density at radius 1 is 1.38 bits per heavy atom. The van der Waals surface area contributed by atoms with Gasteiger partial charge in [-0.1, -0.05) is 11.8 Å². The number of nitrogens with zero attached hydrogens (tertiary/aromatic N) is 4. The molecule has 0 saturated carbocycles. The van der Waals surface area contributed by atoms with Gasteiger partial charge in [0.2, 0.25) is 5.88 Å². The molecule has 0 bridgehead atoms. The van der Waals surface area contributed by atoms with Crippen molar-refractivity contribution in [3.63, 3.8) is 0 Å².